The van der Waals surface area contributed by atoms with Gasteiger partial charge in [0.05, 0.1) is 28.3 Å². The standard InChI is InChI=1S/C18H24Cl2N2O4S/c1-18(17(23)26-2,13-3-4-15(19)16(20)11-13)6-7-21-8-9-22-14(12-21)5-10-27(22,24)25/h3-4,11,14H,5-10,12H2,1-2H3. The molecule has 0 amide bonds. The van der Waals surface area contributed by atoms with Crippen LogP contribution in [0, 0.1) is 0 Å². The van der Waals surface area contributed by atoms with Gasteiger partial charge in [-0.05, 0) is 44.0 Å². The molecule has 0 bridgehead atoms. The lowest BCUT2D eigenvalue weighted by molar-refractivity contribution is -0.147. The molecule has 2 aliphatic rings. The van der Waals surface area contributed by atoms with Crippen molar-refractivity contribution >= 4 is 39.2 Å². The molecule has 27 heavy (non-hydrogen) atoms. The van der Waals surface area contributed by atoms with Crippen molar-refractivity contribution in [2.75, 3.05) is 39.0 Å². The van der Waals surface area contributed by atoms with Crippen LogP contribution in [0.15, 0.2) is 18.2 Å². The van der Waals surface area contributed by atoms with Gasteiger partial charge in [-0.1, -0.05) is 29.3 Å². The van der Waals surface area contributed by atoms with Gasteiger partial charge in [0.15, 0.2) is 0 Å². The molecule has 3 rings (SSSR count). The maximum absolute atomic E-state index is 12.6. The van der Waals surface area contributed by atoms with Crippen LogP contribution in [0.2, 0.25) is 10.0 Å². The van der Waals surface area contributed by atoms with Crippen molar-refractivity contribution in [1.82, 2.24) is 9.21 Å². The molecule has 0 spiro atoms. The molecule has 0 saturated carbocycles. The molecule has 0 radical (unpaired) electrons. The van der Waals surface area contributed by atoms with E-state index in [1.165, 1.54) is 7.11 Å². The fourth-order valence-corrected chi connectivity index (χ4v) is 6.01. The van der Waals surface area contributed by atoms with Gasteiger partial charge in [0.2, 0.25) is 10.0 Å². The van der Waals surface area contributed by atoms with Gasteiger partial charge in [-0.15, -0.1) is 0 Å². The van der Waals surface area contributed by atoms with E-state index in [1.807, 2.05) is 6.92 Å². The third-order valence-electron chi connectivity index (χ3n) is 5.70. The lowest BCUT2D eigenvalue weighted by Crippen LogP contribution is -2.52. The number of hydrogen-bond donors (Lipinski definition) is 0. The molecule has 2 fully saturated rings. The van der Waals surface area contributed by atoms with Crippen molar-refractivity contribution in [3.63, 3.8) is 0 Å². The average molecular weight is 435 g/mol. The Labute approximate surface area is 170 Å². The van der Waals surface area contributed by atoms with Crippen molar-refractivity contribution in [1.29, 1.82) is 0 Å². The summed E-state index contributed by atoms with van der Waals surface area (Å²) in [7, 11) is -1.70. The minimum Gasteiger partial charge on any atom is -0.468 e. The van der Waals surface area contributed by atoms with Crippen LogP contribution in [-0.4, -0.2) is 68.7 Å². The van der Waals surface area contributed by atoms with Gasteiger partial charge in [-0.2, -0.15) is 4.31 Å². The molecule has 1 aromatic carbocycles. The summed E-state index contributed by atoms with van der Waals surface area (Å²) in [6, 6.07) is 5.23. The molecule has 0 N–H and O–H groups in total. The van der Waals surface area contributed by atoms with E-state index in [4.69, 9.17) is 27.9 Å². The summed E-state index contributed by atoms with van der Waals surface area (Å²) >= 11 is 12.2. The Bertz CT molecular complexity index is 833. The smallest absolute Gasteiger partial charge is 0.316 e. The fraction of sp³-hybridized carbons (Fsp3) is 0.611. The van der Waals surface area contributed by atoms with E-state index < -0.39 is 15.4 Å². The monoisotopic (exact) mass is 434 g/mol. The summed E-state index contributed by atoms with van der Waals surface area (Å²) in [4.78, 5) is 14.8. The zero-order valence-corrected chi connectivity index (χ0v) is 17.8. The van der Waals surface area contributed by atoms with Crippen LogP contribution in [-0.2, 0) is 25.0 Å². The number of hydrogen-bond acceptors (Lipinski definition) is 5. The number of piperazine rings is 1. The van der Waals surface area contributed by atoms with E-state index in [1.54, 1.807) is 22.5 Å². The van der Waals surface area contributed by atoms with Gasteiger partial charge in [-0.25, -0.2) is 8.42 Å². The van der Waals surface area contributed by atoms with Gasteiger partial charge in [0.25, 0.3) is 0 Å². The van der Waals surface area contributed by atoms with E-state index >= 15 is 0 Å². The highest BCUT2D eigenvalue weighted by molar-refractivity contribution is 7.89. The third kappa shape index (κ3) is 4.12. The number of esters is 1. The number of fused-ring (bicyclic) bond motifs is 1. The molecule has 2 heterocycles. The van der Waals surface area contributed by atoms with Crippen molar-refractivity contribution in [2.45, 2.75) is 31.2 Å². The van der Waals surface area contributed by atoms with Crippen molar-refractivity contribution in [3.05, 3.63) is 33.8 Å². The Morgan fingerprint density at radius 2 is 2.04 bits per heavy atom. The summed E-state index contributed by atoms with van der Waals surface area (Å²) in [5.74, 6) is -0.0998. The van der Waals surface area contributed by atoms with E-state index in [9.17, 15) is 13.2 Å². The number of benzene rings is 1. The first kappa shape index (κ1) is 20.9. The molecular formula is C18H24Cl2N2O4S. The molecule has 0 aromatic heterocycles. The maximum Gasteiger partial charge on any atom is 0.316 e. The Morgan fingerprint density at radius 3 is 2.70 bits per heavy atom. The number of sulfonamides is 1. The second kappa shape index (κ2) is 7.87. The van der Waals surface area contributed by atoms with Crippen molar-refractivity contribution in [2.24, 2.45) is 0 Å². The molecule has 2 saturated heterocycles. The summed E-state index contributed by atoms with van der Waals surface area (Å²) < 4.78 is 30.7. The number of ether oxygens (including phenoxy) is 1. The highest BCUT2D eigenvalue weighted by Gasteiger charge is 2.42. The normalized spacial score (nSPS) is 25.0. The van der Waals surface area contributed by atoms with Gasteiger partial charge < -0.3 is 9.64 Å². The second-order valence-electron chi connectivity index (χ2n) is 7.37. The van der Waals surface area contributed by atoms with Crippen LogP contribution in [0.1, 0.15) is 25.3 Å². The van der Waals surface area contributed by atoms with Crippen LogP contribution >= 0.6 is 23.2 Å². The first-order chi connectivity index (χ1) is 12.7. The lowest BCUT2D eigenvalue weighted by Gasteiger charge is -2.38. The quantitative estimate of drug-likeness (QED) is 0.665. The van der Waals surface area contributed by atoms with E-state index in [-0.39, 0.29) is 17.8 Å². The van der Waals surface area contributed by atoms with Crippen LogP contribution in [0.3, 0.4) is 0 Å². The molecule has 9 heteroatoms. The maximum atomic E-state index is 12.6. The number of rotatable bonds is 5. The zero-order valence-electron chi connectivity index (χ0n) is 15.5. The minimum absolute atomic E-state index is 0.0399. The third-order valence-corrected chi connectivity index (χ3v) is 8.39. The molecule has 6 nitrogen and oxygen atoms in total. The number of carbonyl (C=O) groups is 1. The fourth-order valence-electron chi connectivity index (χ4n) is 3.92. The number of carbonyl (C=O) groups excluding carboxylic acids is 1. The van der Waals surface area contributed by atoms with Crippen LogP contribution in [0.5, 0.6) is 0 Å². The summed E-state index contributed by atoms with van der Waals surface area (Å²) in [6.45, 7) is 4.37. The molecule has 2 aliphatic heterocycles. The summed E-state index contributed by atoms with van der Waals surface area (Å²) in [5, 5.41) is 0.834. The largest absolute Gasteiger partial charge is 0.468 e. The van der Waals surface area contributed by atoms with E-state index in [2.05, 4.69) is 4.90 Å². The lowest BCUT2D eigenvalue weighted by atomic mass is 9.79. The molecular weight excluding hydrogens is 411 g/mol. The summed E-state index contributed by atoms with van der Waals surface area (Å²) in [6.07, 6.45) is 1.21. The van der Waals surface area contributed by atoms with Gasteiger partial charge >= 0.3 is 5.97 Å². The number of nitrogens with zero attached hydrogens (tertiary/aromatic N) is 2. The van der Waals surface area contributed by atoms with Gasteiger partial charge in [0.1, 0.15) is 0 Å². The minimum atomic E-state index is -3.08. The van der Waals surface area contributed by atoms with E-state index in [0.29, 0.717) is 49.1 Å². The Morgan fingerprint density at radius 1 is 1.30 bits per heavy atom. The second-order valence-corrected chi connectivity index (χ2v) is 10.2. The molecule has 2 unspecified atom stereocenters. The summed E-state index contributed by atoms with van der Waals surface area (Å²) in [5.41, 5.74) is -0.104. The molecule has 0 aliphatic carbocycles. The zero-order chi connectivity index (χ0) is 19.8. The predicted molar refractivity (Wildman–Crippen MR) is 106 cm³/mol. The Kier molecular flexibility index (Phi) is 6.08. The van der Waals surface area contributed by atoms with Crippen molar-refractivity contribution < 1.29 is 17.9 Å². The Balaban J connectivity index is 1.72. The first-order valence-electron chi connectivity index (χ1n) is 8.93. The van der Waals surface area contributed by atoms with Gasteiger partial charge in [0, 0.05) is 25.7 Å². The molecule has 1 aromatic rings. The highest BCUT2D eigenvalue weighted by Crippen LogP contribution is 2.34. The molecule has 150 valence electrons. The number of halogens is 2. The average Bonchev–Trinajstić information content (AvgIpc) is 2.95. The van der Waals surface area contributed by atoms with Crippen molar-refractivity contribution in [3.8, 4) is 0 Å². The Hall–Kier alpha value is -0.860. The van der Waals surface area contributed by atoms with Crippen LogP contribution in [0.25, 0.3) is 0 Å². The van der Waals surface area contributed by atoms with Crippen LogP contribution in [0.4, 0.5) is 0 Å². The predicted octanol–water partition coefficient (Wildman–Crippen LogP) is 2.53. The molecule has 2 atom stereocenters. The highest BCUT2D eigenvalue weighted by atomic mass is 35.5. The van der Waals surface area contributed by atoms with Crippen LogP contribution < -0.4 is 0 Å². The van der Waals surface area contributed by atoms with E-state index in [0.717, 1.165) is 5.56 Å². The topological polar surface area (TPSA) is 66.9 Å². The number of methoxy groups -OCH3 is 1. The first-order valence-corrected chi connectivity index (χ1v) is 11.3. The van der Waals surface area contributed by atoms with Gasteiger partial charge in [-0.3, -0.25) is 4.79 Å². The SMILES string of the molecule is COC(=O)C(C)(CCN1CCN2C(CCS2(=O)=O)C1)c1ccc(Cl)c(Cl)c1.